The second kappa shape index (κ2) is 8.21. The Bertz CT molecular complexity index is 411. The summed E-state index contributed by atoms with van der Waals surface area (Å²) in [6.45, 7) is 6.95. The number of halogens is 1. The van der Waals surface area contributed by atoms with E-state index in [4.69, 9.17) is 11.6 Å². The van der Waals surface area contributed by atoms with E-state index in [0.29, 0.717) is 18.3 Å². The Morgan fingerprint density at radius 1 is 1.26 bits per heavy atom. The number of nitrogens with one attached hydrogen (secondary N) is 1. The lowest BCUT2D eigenvalue weighted by molar-refractivity contribution is 0.0946. The molecule has 0 saturated carbocycles. The fourth-order valence-corrected chi connectivity index (χ4v) is 2.44. The molecule has 0 aliphatic rings. The number of carbonyl (C=O) groups is 1. The number of carbonyl (C=O) groups excluding carboxylic acids is 1. The fourth-order valence-electron chi connectivity index (χ4n) is 2.13. The summed E-state index contributed by atoms with van der Waals surface area (Å²) in [4.78, 5) is 12.1. The fraction of sp³-hybridized carbons (Fsp3) is 0.562. The van der Waals surface area contributed by atoms with Crippen LogP contribution in [-0.4, -0.2) is 18.3 Å². The lowest BCUT2D eigenvalue weighted by Gasteiger charge is -2.15. The van der Waals surface area contributed by atoms with Gasteiger partial charge in [0.15, 0.2) is 0 Å². The van der Waals surface area contributed by atoms with Crippen LogP contribution >= 0.6 is 11.6 Å². The first-order valence-corrected chi connectivity index (χ1v) is 7.53. The highest BCUT2D eigenvalue weighted by atomic mass is 35.5. The van der Waals surface area contributed by atoms with Crippen LogP contribution in [0.5, 0.6) is 0 Å². The molecule has 1 atom stereocenters. The van der Waals surface area contributed by atoms with Gasteiger partial charge in [-0.05, 0) is 55.9 Å². The van der Waals surface area contributed by atoms with Gasteiger partial charge in [-0.1, -0.05) is 19.4 Å². The molecule has 0 heterocycles. The molecule has 0 bridgehead atoms. The highest BCUT2D eigenvalue weighted by Crippen LogP contribution is 2.13. The quantitative estimate of drug-likeness (QED) is 0.750. The standard InChI is InChI=1S/C16H24ClNO/c1-4-5-14(8-9-17)11-18-16(19)15-7-6-12(2)13(3)10-15/h6-7,10,14H,4-5,8-9,11H2,1-3H3,(H,18,19). The summed E-state index contributed by atoms with van der Waals surface area (Å²) in [5, 5.41) is 3.02. The van der Waals surface area contributed by atoms with Crippen LogP contribution in [0.2, 0.25) is 0 Å². The van der Waals surface area contributed by atoms with Crippen molar-refractivity contribution in [3.05, 3.63) is 34.9 Å². The lowest BCUT2D eigenvalue weighted by Crippen LogP contribution is -2.29. The summed E-state index contributed by atoms with van der Waals surface area (Å²) >= 11 is 5.79. The number of alkyl halides is 1. The molecule has 1 unspecified atom stereocenters. The van der Waals surface area contributed by atoms with Crippen LogP contribution in [0.1, 0.15) is 47.7 Å². The molecular formula is C16H24ClNO. The van der Waals surface area contributed by atoms with E-state index in [1.807, 2.05) is 25.1 Å². The van der Waals surface area contributed by atoms with E-state index < -0.39 is 0 Å². The minimum absolute atomic E-state index is 0.0128. The van der Waals surface area contributed by atoms with Crippen molar-refractivity contribution in [1.29, 1.82) is 0 Å². The Hall–Kier alpha value is -1.02. The topological polar surface area (TPSA) is 29.1 Å². The average Bonchev–Trinajstić information content (AvgIpc) is 2.39. The number of rotatable bonds is 7. The second-order valence-corrected chi connectivity index (χ2v) is 5.52. The van der Waals surface area contributed by atoms with Crippen LogP contribution in [0.4, 0.5) is 0 Å². The minimum Gasteiger partial charge on any atom is -0.352 e. The van der Waals surface area contributed by atoms with Crippen molar-refractivity contribution in [3.63, 3.8) is 0 Å². The Morgan fingerprint density at radius 3 is 2.58 bits per heavy atom. The van der Waals surface area contributed by atoms with Gasteiger partial charge in [0.05, 0.1) is 0 Å². The van der Waals surface area contributed by atoms with Crippen molar-refractivity contribution in [3.8, 4) is 0 Å². The minimum atomic E-state index is 0.0128. The van der Waals surface area contributed by atoms with Gasteiger partial charge in [-0.15, -0.1) is 11.6 Å². The first-order valence-electron chi connectivity index (χ1n) is 6.99. The molecule has 0 radical (unpaired) electrons. The highest BCUT2D eigenvalue weighted by Gasteiger charge is 2.11. The molecule has 19 heavy (non-hydrogen) atoms. The normalized spacial score (nSPS) is 12.2. The largest absolute Gasteiger partial charge is 0.352 e. The third kappa shape index (κ3) is 5.23. The zero-order valence-corrected chi connectivity index (χ0v) is 12.9. The van der Waals surface area contributed by atoms with Crippen LogP contribution < -0.4 is 5.32 Å². The van der Waals surface area contributed by atoms with Gasteiger partial charge in [0.25, 0.3) is 5.91 Å². The van der Waals surface area contributed by atoms with Crippen molar-refractivity contribution in [2.45, 2.75) is 40.0 Å². The SMILES string of the molecule is CCCC(CCCl)CNC(=O)c1ccc(C)c(C)c1. The van der Waals surface area contributed by atoms with Gasteiger partial charge in [-0.3, -0.25) is 4.79 Å². The van der Waals surface area contributed by atoms with E-state index in [1.165, 1.54) is 5.56 Å². The Labute approximate surface area is 121 Å². The van der Waals surface area contributed by atoms with E-state index in [-0.39, 0.29) is 5.91 Å². The first kappa shape index (κ1) is 16.0. The van der Waals surface area contributed by atoms with Crippen molar-refractivity contribution in [2.75, 3.05) is 12.4 Å². The van der Waals surface area contributed by atoms with E-state index in [2.05, 4.69) is 19.2 Å². The molecule has 0 fully saturated rings. The molecule has 0 aromatic heterocycles. The Morgan fingerprint density at radius 2 is 2.00 bits per heavy atom. The number of hydrogen-bond donors (Lipinski definition) is 1. The maximum Gasteiger partial charge on any atom is 0.251 e. The second-order valence-electron chi connectivity index (χ2n) is 5.14. The van der Waals surface area contributed by atoms with Gasteiger partial charge in [0, 0.05) is 18.0 Å². The van der Waals surface area contributed by atoms with Gasteiger partial charge in [-0.25, -0.2) is 0 Å². The summed E-state index contributed by atoms with van der Waals surface area (Å²) in [6.07, 6.45) is 3.20. The molecule has 1 aromatic carbocycles. The zero-order chi connectivity index (χ0) is 14.3. The number of aryl methyl sites for hydroxylation is 2. The van der Waals surface area contributed by atoms with Crippen LogP contribution in [-0.2, 0) is 0 Å². The van der Waals surface area contributed by atoms with Crippen LogP contribution in [0, 0.1) is 19.8 Å². The Kier molecular flexibility index (Phi) is 6.93. The summed E-state index contributed by atoms with van der Waals surface area (Å²) in [7, 11) is 0. The molecule has 0 aliphatic carbocycles. The van der Waals surface area contributed by atoms with Crippen LogP contribution in [0.25, 0.3) is 0 Å². The third-order valence-electron chi connectivity index (χ3n) is 3.53. The van der Waals surface area contributed by atoms with E-state index in [9.17, 15) is 4.79 Å². The van der Waals surface area contributed by atoms with Crippen molar-refractivity contribution < 1.29 is 4.79 Å². The van der Waals surface area contributed by atoms with Crippen LogP contribution in [0.3, 0.4) is 0 Å². The first-order chi connectivity index (χ1) is 9.08. The molecule has 1 amide bonds. The average molecular weight is 282 g/mol. The van der Waals surface area contributed by atoms with E-state index >= 15 is 0 Å². The zero-order valence-electron chi connectivity index (χ0n) is 12.1. The summed E-state index contributed by atoms with van der Waals surface area (Å²) in [5.41, 5.74) is 3.10. The van der Waals surface area contributed by atoms with Crippen LogP contribution in [0.15, 0.2) is 18.2 Å². The lowest BCUT2D eigenvalue weighted by atomic mass is 10.0. The molecule has 2 nitrogen and oxygen atoms in total. The number of benzene rings is 1. The summed E-state index contributed by atoms with van der Waals surface area (Å²) in [6, 6.07) is 5.82. The van der Waals surface area contributed by atoms with Gasteiger partial charge in [0.1, 0.15) is 0 Å². The molecule has 1 aromatic rings. The molecule has 0 saturated heterocycles. The molecule has 1 rings (SSSR count). The van der Waals surface area contributed by atoms with Gasteiger partial charge < -0.3 is 5.32 Å². The molecule has 1 N–H and O–H groups in total. The van der Waals surface area contributed by atoms with E-state index in [1.54, 1.807) is 0 Å². The molecular weight excluding hydrogens is 258 g/mol. The molecule has 0 spiro atoms. The number of hydrogen-bond acceptors (Lipinski definition) is 1. The van der Waals surface area contributed by atoms with Gasteiger partial charge in [-0.2, -0.15) is 0 Å². The van der Waals surface area contributed by atoms with Crippen molar-refractivity contribution >= 4 is 17.5 Å². The van der Waals surface area contributed by atoms with Gasteiger partial charge in [0.2, 0.25) is 0 Å². The van der Waals surface area contributed by atoms with E-state index in [0.717, 1.165) is 30.4 Å². The smallest absolute Gasteiger partial charge is 0.251 e. The highest BCUT2D eigenvalue weighted by molar-refractivity contribution is 6.17. The molecule has 0 aliphatic heterocycles. The Balaban J connectivity index is 2.56. The van der Waals surface area contributed by atoms with Crippen molar-refractivity contribution in [2.24, 2.45) is 5.92 Å². The molecule has 106 valence electrons. The molecule has 3 heteroatoms. The predicted molar refractivity (Wildman–Crippen MR) is 82.0 cm³/mol. The maximum atomic E-state index is 12.1. The summed E-state index contributed by atoms with van der Waals surface area (Å²) in [5.74, 6) is 1.15. The predicted octanol–water partition coefficient (Wildman–Crippen LogP) is 4.08. The monoisotopic (exact) mass is 281 g/mol. The third-order valence-corrected chi connectivity index (χ3v) is 3.75. The van der Waals surface area contributed by atoms with Gasteiger partial charge >= 0.3 is 0 Å². The summed E-state index contributed by atoms with van der Waals surface area (Å²) < 4.78 is 0. The van der Waals surface area contributed by atoms with Crippen molar-refractivity contribution in [1.82, 2.24) is 5.32 Å². The maximum absolute atomic E-state index is 12.1. The number of amides is 1.